The summed E-state index contributed by atoms with van der Waals surface area (Å²) in [5.74, 6) is -1.09. The van der Waals surface area contributed by atoms with Crippen molar-refractivity contribution in [3.05, 3.63) is 54.3 Å². The molecule has 9 heteroatoms. The third kappa shape index (κ3) is 6.66. The van der Waals surface area contributed by atoms with E-state index in [2.05, 4.69) is 15.4 Å². The number of benzene rings is 2. The maximum Gasteiger partial charge on any atom is 0.261 e. The van der Waals surface area contributed by atoms with Gasteiger partial charge >= 0.3 is 0 Å². The molecular formula is C19H22FN3O4S. The number of anilines is 2. The number of nitrogens with one attached hydrogen (secondary N) is 3. The van der Waals surface area contributed by atoms with Gasteiger partial charge in [-0.15, -0.1) is 0 Å². The maximum atomic E-state index is 13.2. The molecule has 150 valence electrons. The first-order valence-electron chi connectivity index (χ1n) is 8.75. The zero-order chi connectivity index (χ0) is 20.6. The third-order valence-corrected chi connectivity index (χ3v) is 5.07. The number of hydrogen-bond donors (Lipinski definition) is 3. The van der Waals surface area contributed by atoms with E-state index in [4.69, 9.17) is 0 Å². The second kappa shape index (κ2) is 9.84. The highest BCUT2D eigenvalue weighted by molar-refractivity contribution is 7.92. The maximum absolute atomic E-state index is 13.2. The van der Waals surface area contributed by atoms with E-state index in [-0.39, 0.29) is 35.2 Å². The fourth-order valence-corrected chi connectivity index (χ4v) is 3.34. The highest BCUT2D eigenvalue weighted by atomic mass is 32.2. The van der Waals surface area contributed by atoms with Crippen molar-refractivity contribution >= 4 is 33.2 Å². The number of rotatable bonds is 9. The first-order valence-corrected chi connectivity index (χ1v) is 10.2. The minimum Gasteiger partial charge on any atom is -0.356 e. The van der Waals surface area contributed by atoms with Crippen LogP contribution in [0.3, 0.4) is 0 Å². The normalized spacial score (nSPS) is 10.9. The Morgan fingerprint density at radius 2 is 1.64 bits per heavy atom. The molecule has 0 heterocycles. The van der Waals surface area contributed by atoms with Gasteiger partial charge in [0.1, 0.15) is 5.82 Å². The molecule has 2 amide bonds. The summed E-state index contributed by atoms with van der Waals surface area (Å²) >= 11 is 0. The standard InChI is InChI=1S/C19H22FN3O4S/c1-2-12-21-18(24)10-11-19(25)22-15-6-8-17(9-7-15)28(26,27)23-16-5-3-4-14(20)13-16/h3-9,13,23H,2,10-12H2,1H3,(H,21,24)(H,22,25). The minimum absolute atomic E-state index is 0.0245. The van der Waals surface area contributed by atoms with Crippen molar-refractivity contribution in [1.82, 2.24) is 5.32 Å². The van der Waals surface area contributed by atoms with Crippen LogP contribution in [-0.4, -0.2) is 26.8 Å². The summed E-state index contributed by atoms with van der Waals surface area (Å²) < 4.78 is 40.2. The number of amides is 2. The molecule has 0 atom stereocenters. The van der Waals surface area contributed by atoms with Crippen LogP contribution in [0, 0.1) is 5.82 Å². The Morgan fingerprint density at radius 3 is 2.29 bits per heavy atom. The fourth-order valence-electron chi connectivity index (χ4n) is 2.29. The number of carbonyl (C=O) groups excluding carboxylic acids is 2. The molecule has 0 saturated carbocycles. The van der Waals surface area contributed by atoms with Crippen LogP contribution in [-0.2, 0) is 19.6 Å². The molecule has 0 unspecified atom stereocenters. The molecule has 3 N–H and O–H groups in total. The van der Waals surface area contributed by atoms with Gasteiger partial charge in [-0.1, -0.05) is 13.0 Å². The molecule has 0 bridgehead atoms. The minimum atomic E-state index is -3.89. The van der Waals surface area contributed by atoms with E-state index in [1.165, 1.54) is 42.5 Å². The second-order valence-corrected chi connectivity index (χ2v) is 7.72. The second-order valence-electron chi connectivity index (χ2n) is 6.04. The monoisotopic (exact) mass is 407 g/mol. The first-order chi connectivity index (χ1) is 13.3. The molecule has 0 spiro atoms. The topological polar surface area (TPSA) is 104 Å². The molecule has 0 aliphatic carbocycles. The van der Waals surface area contributed by atoms with Crippen molar-refractivity contribution in [3.8, 4) is 0 Å². The Balaban J connectivity index is 1.93. The summed E-state index contributed by atoms with van der Waals surface area (Å²) in [6.07, 6.45) is 0.924. The molecule has 28 heavy (non-hydrogen) atoms. The van der Waals surface area contributed by atoms with E-state index in [0.29, 0.717) is 12.2 Å². The van der Waals surface area contributed by atoms with Crippen LogP contribution >= 0.6 is 0 Å². The Hall–Kier alpha value is -2.94. The lowest BCUT2D eigenvalue weighted by atomic mass is 10.2. The molecule has 0 aliphatic heterocycles. The Kier molecular flexibility index (Phi) is 7.51. The van der Waals surface area contributed by atoms with Crippen LogP contribution in [0.4, 0.5) is 15.8 Å². The van der Waals surface area contributed by atoms with Gasteiger partial charge in [0.05, 0.1) is 10.6 Å². The molecule has 0 aliphatic rings. The third-order valence-electron chi connectivity index (χ3n) is 3.68. The molecule has 7 nitrogen and oxygen atoms in total. The quantitative estimate of drug-likeness (QED) is 0.594. The van der Waals surface area contributed by atoms with Gasteiger partial charge in [-0.05, 0) is 48.9 Å². The van der Waals surface area contributed by atoms with Crippen molar-refractivity contribution in [2.75, 3.05) is 16.6 Å². The van der Waals surface area contributed by atoms with Crippen LogP contribution in [0.2, 0.25) is 0 Å². The molecule has 0 saturated heterocycles. The van der Waals surface area contributed by atoms with Gasteiger partial charge < -0.3 is 10.6 Å². The molecule has 0 radical (unpaired) electrons. The highest BCUT2D eigenvalue weighted by Crippen LogP contribution is 2.19. The van der Waals surface area contributed by atoms with Gasteiger partial charge in [-0.25, -0.2) is 12.8 Å². The van der Waals surface area contributed by atoms with Gasteiger partial charge in [0.2, 0.25) is 11.8 Å². The molecule has 2 rings (SSSR count). The summed E-state index contributed by atoms with van der Waals surface area (Å²) in [6, 6.07) is 10.6. The lowest BCUT2D eigenvalue weighted by Crippen LogP contribution is -2.25. The van der Waals surface area contributed by atoms with Crippen LogP contribution in [0.25, 0.3) is 0 Å². The number of carbonyl (C=O) groups is 2. The number of halogens is 1. The van der Waals surface area contributed by atoms with Crippen molar-refractivity contribution in [2.24, 2.45) is 0 Å². The zero-order valence-electron chi connectivity index (χ0n) is 15.4. The van der Waals surface area contributed by atoms with Crippen LogP contribution in [0.5, 0.6) is 0 Å². The van der Waals surface area contributed by atoms with E-state index < -0.39 is 15.8 Å². The smallest absolute Gasteiger partial charge is 0.261 e. The highest BCUT2D eigenvalue weighted by Gasteiger charge is 2.15. The first kappa shape index (κ1) is 21.4. The molecule has 2 aromatic carbocycles. The van der Waals surface area contributed by atoms with E-state index in [1.807, 2.05) is 6.92 Å². The lowest BCUT2D eigenvalue weighted by Gasteiger charge is -2.10. The van der Waals surface area contributed by atoms with Crippen molar-refractivity contribution < 1.29 is 22.4 Å². The summed E-state index contributed by atoms with van der Waals surface area (Å²) in [4.78, 5) is 23.4. The molecular weight excluding hydrogens is 385 g/mol. The average molecular weight is 407 g/mol. The van der Waals surface area contributed by atoms with Crippen LogP contribution < -0.4 is 15.4 Å². The van der Waals surface area contributed by atoms with Crippen LogP contribution in [0.1, 0.15) is 26.2 Å². The summed E-state index contributed by atoms with van der Waals surface area (Å²) in [5.41, 5.74) is 0.516. The Morgan fingerprint density at radius 1 is 0.964 bits per heavy atom. The molecule has 2 aromatic rings. The summed E-state index contributed by atoms with van der Waals surface area (Å²) in [7, 11) is -3.89. The van der Waals surface area contributed by atoms with Crippen molar-refractivity contribution in [3.63, 3.8) is 0 Å². The fraction of sp³-hybridized carbons (Fsp3) is 0.263. The van der Waals surface area contributed by atoms with Crippen molar-refractivity contribution in [1.29, 1.82) is 0 Å². The van der Waals surface area contributed by atoms with E-state index >= 15 is 0 Å². The van der Waals surface area contributed by atoms with Gasteiger partial charge in [0.15, 0.2) is 0 Å². The number of sulfonamides is 1. The van der Waals surface area contributed by atoms with Gasteiger partial charge in [0.25, 0.3) is 10.0 Å². The van der Waals surface area contributed by atoms with E-state index in [9.17, 15) is 22.4 Å². The zero-order valence-corrected chi connectivity index (χ0v) is 16.2. The SMILES string of the molecule is CCCNC(=O)CCC(=O)Nc1ccc(S(=O)(=O)Nc2cccc(F)c2)cc1. The summed E-state index contributed by atoms with van der Waals surface area (Å²) in [6.45, 7) is 2.50. The van der Waals surface area contributed by atoms with Crippen LogP contribution in [0.15, 0.2) is 53.4 Å². The van der Waals surface area contributed by atoms with E-state index in [1.54, 1.807) is 0 Å². The molecule has 0 fully saturated rings. The predicted octanol–water partition coefficient (Wildman–Crippen LogP) is 2.87. The van der Waals surface area contributed by atoms with Gasteiger partial charge in [-0.3, -0.25) is 14.3 Å². The lowest BCUT2D eigenvalue weighted by molar-refractivity contribution is -0.124. The predicted molar refractivity (Wildman–Crippen MR) is 105 cm³/mol. The Bertz CT molecular complexity index is 930. The number of hydrogen-bond acceptors (Lipinski definition) is 4. The van der Waals surface area contributed by atoms with Crippen molar-refractivity contribution in [2.45, 2.75) is 31.1 Å². The molecule has 0 aromatic heterocycles. The largest absolute Gasteiger partial charge is 0.356 e. The van der Waals surface area contributed by atoms with E-state index in [0.717, 1.165) is 12.5 Å². The average Bonchev–Trinajstić information content (AvgIpc) is 2.65. The Labute approximate surface area is 163 Å². The van der Waals surface area contributed by atoms with Gasteiger partial charge in [-0.2, -0.15) is 0 Å². The van der Waals surface area contributed by atoms with Gasteiger partial charge in [0, 0.05) is 25.1 Å². The summed E-state index contributed by atoms with van der Waals surface area (Å²) in [5, 5.41) is 5.29.